The van der Waals surface area contributed by atoms with Crippen LogP contribution in [0.2, 0.25) is 0 Å². The van der Waals surface area contributed by atoms with Crippen LogP contribution in [0, 0.1) is 0 Å². The van der Waals surface area contributed by atoms with E-state index < -0.39 is 0 Å². The summed E-state index contributed by atoms with van der Waals surface area (Å²) in [5.41, 5.74) is 1.36. The van der Waals surface area contributed by atoms with Gasteiger partial charge in [-0.3, -0.25) is 9.88 Å². The van der Waals surface area contributed by atoms with E-state index in [-0.39, 0.29) is 58.3 Å². The Kier molecular flexibility index (Phi) is 34.6. The fraction of sp³-hybridized carbons (Fsp3) is 0.500. The minimum Gasteiger partial charge on any atom is -0.870 e. The van der Waals surface area contributed by atoms with Gasteiger partial charge in [0.15, 0.2) is 0 Å². The van der Waals surface area contributed by atoms with Crippen molar-refractivity contribution in [2.24, 2.45) is 0 Å². The topological polar surface area (TPSA) is 168 Å². The van der Waals surface area contributed by atoms with E-state index in [1.807, 2.05) is 18.5 Å². The molecule has 1 unspecified atom stereocenters. The molecule has 1 aromatic heterocycles. The molecule has 9 heteroatoms. The number of rotatable bonds is 1. The minimum atomic E-state index is 0. The molecular formula is C10H23MoN2O5P. The molecule has 6 N–H and O–H groups in total. The number of aromatic nitrogens is 1. The van der Waals surface area contributed by atoms with Crippen LogP contribution >= 0.6 is 9.90 Å². The SMILES string of the molecule is CN1CCC[C@H]1c1cccnc1.O.P.[Mo+4].[OH-].[OH-].[OH-].[OH-]. The van der Waals surface area contributed by atoms with Crippen molar-refractivity contribution in [3.05, 3.63) is 30.1 Å². The van der Waals surface area contributed by atoms with Crippen LogP contribution in [0.25, 0.3) is 0 Å². The Morgan fingerprint density at radius 2 is 1.79 bits per heavy atom. The van der Waals surface area contributed by atoms with Gasteiger partial charge in [0.25, 0.3) is 0 Å². The van der Waals surface area contributed by atoms with Crippen molar-refractivity contribution in [3.8, 4) is 0 Å². The summed E-state index contributed by atoms with van der Waals surface area (Å²) in [6.45, 7) is 1.22. The van der Waals surface area contributed by atoms with Crippen LogP contribution in [0.3, 0.4) is 0 Å². The molecule has 1 aliphatic rings. The smallest absolute Gasteiger partial charge is 0.870 e. The predicted octanol–water partition coefficient (Wildman–Crippen LogP) is 0.372. The molecule has 0 bridgehead atoms. The molecule has 1 saturated heterocycles. The maximum atomic E-state index is 4.14. The van der Waals surface area contributed by atoms with Gasteiger partial charge in [-0.2, -0.15) is 9.90 Å². The van der Waals surface area contributed by atoms with Crippen LogP contribution in [0.1, 0.15) is 24.4 Å². The van der Waals surface area contributed by atoms with Crippen LogP contribution in [-0.2, 0) is 21.1 Å². The van der Waals surface area contributed by atoms with Crippen LogP contribution in [-0.4, -0.2) is 50.9 Å². The average molecular weight is 378 g/mol. The Bertz CT molecular complexity index is 271. The summed E-state index contributed by atoms with van der Waals surface area (Å²) in [4.78, 5) is 6.54. The fourth-order valence-corrected chi connectivity index (χ4v) is 1.90. The predicted molar refractivity (Wildman–Crippen MR) is 71.3 cm³/mol. The second kappa shape index (κ2) is 18.0. The summed E-state index contributed by atoms with van der Waals surface area (Å²) in [5, 5.41) is 0. The molecule has 7 nitrogen and oxygen atoms in total. The molecule has 0 saturated carbocycles. The van der Waals surface area contributed by atoms with Crippen molar-refractivity contribution in [1.29, 1.82) is 0 Å². The second-order valence-corrected chi connectivity index (χ2v) is 3.42. The molecule has 0 aliphatic carbocycles. The summed E-state index contributed by atoms with van der Waals surface area (Å²) in [6.07, 6.45) is 6.41. The van der Waals surface area contributed by atoms with Crippen molar-refractivity contribution in [2.75, 3.05) is 13.6 Å². The number of hydrogen-bond donors (Lipinski definition) is 0. The zero-order chi connectivity index (χ0) is 8.39. The molecule has 2 atom stereocenters. The van der Waals surface area contributed by atoms with Gasteiger partial charge in [-0.25, -0.2) is 0 Å². The molecule has 2 rings (SSSR count). The normalized spacial score (nSPS) is 15.5. The third-order valence-corrected chi connectivity index (χ3v) is 2.59. The van der Waals surface area contributed by atoms with Crippen LogP contribution < -0.4 is 0 Å². The Morgan fingerprint density at radius 3 is 2.16 bits per heavy atom. The van der Waals surface area contributed by atoms with E-state index in [0.717, 1.165) is 0 Å². The third kappa shape index (κ3) is 9.54. The molecule has 2 heterocycles. The molecule has 1 fully saturated rings. The first-order valence-electron chi connectivity index (χ1n) is 4.48. The summed E-state index contributed by atoms with van der Waals surface area (Å²) in [5.74, 6) is 0. The zero-order valence-electron chi connectivity index (χ0n) is 10.8. The van der Waals surface area contributed by atoms with Crippen molar-refractivity contribution < 1.29 is 48.4 Å². The van der Waals surface area contributed by atoms with Crippen molar-refractivity contribution in [2.45, 2.75) is 18.9 Å². The minimum absolute atomic E-state index is 0. The Morgan fingerprint density at radius 1 is 1.21 bits per heavy atom. The van der Waals surface area contributed by atoms with Gasteiger partial charge in [-0.15, -0.1) is 0 Å². The molecular weight excluding hydrogens is 355 g/mol. The first-order valence-corrected chi connectivity index (χ1v) is 4.48. The standard InChI is InChI=1S/C10H14N2.Mo.5H2O.H3P/c1-12-7-3-5-10(12)9-4-2-6-11-8-9;;;;;;;/h2,4,6,8,10H,3,5,7H2,1H3;;5*1H2;1H3/q;+4;;;;;;/p-4/t10-;;;;;;;/m0......./s1. The number of nitrogens with zero attached hydrogens (tertiary/aromatic N) is 2. The maximum Gasteiger partial charge on any atom is 4.00 e. The first kappa shape index (κ1) is 36.4. The third-order valence-electron chi connectivity index (χ3n) is 2.59. The molecule has 0 aromatic carbocycles. The average Bonchev–Trinajstić information content (AvgIpc) is 2.53. The van der Waals surface area contributed by atoms with Crippen LogP contribution in [0.15, 0.2) is 24.5 Å². The van der Waals surface area contributed by atoms with Gasteiger partial charge >= 0.3 is 21.1 Å². The van der Waals surface area contributed by atoms with Gasteiger partial charge in [0, 0.05) is 18.4 Å². The molecule has 0 amide bonds. The van der Waals surface area contributed by atoms with Gasteiger partial charge in [0.1, 0.15) is 0 Å². The molecule has 114 valence electrons. The molecule has 1 aliphatic heterocycles. The van der Waals surface area contributed by atoms with E-state index >= 15 is 0 Å². The van der Waals surface area contributed by atoms with Crippen LogP contribution in [0.4, 0.5) is 0 Å². The van der Waals surface area contributed by atoms with E-state index in [4.69, 9.17) is 0 Å². The van der Waals surface area contributed by atoms with Crippen LogP contribution in [0.5, 0.6) is 0 Å². The van der Waals surface area contributed by atoms with E-state index in [0.29, 0.717) is 6.04 Å². The monoisotopic (exact) mass is 380 g/mol. The second-order valence-electron chi connectivity index (χ2n) is 3.42. The Hall–Kier alpha value is 0.0283. The summed E-state index contributed by atoms with van der Waals surface area (Å²) < 4.78 is 0. The molecule has 0 spiro atoms. The van der Waals surface area contributed by atoms with E-state index in [9.17, 15) is 0 Å². The zero-order valence-corrected chi connectivity index (χ0v) is 14.2. The van der Waals surface area contributed by atoms with Crippen molar-refractivity contribution in [1.82, 2.24) is 9.88 Å². The molecule has 1 aromatic rings. The summed E-state index contributed by atoms with van der Waals surface area (Å²) in [6, 6.07) is 4.79. The number of likely N-dealkylation sites (tertiary alicyclic amines) is 1. The molecule has 19 heavy (non-hydrogen) atoms. The largest absolute Gasteiger partial charge is 4.00 e. The van der Waals surface area contributed by atoms with Gasteiger partial charge in [-0.1, -0.05) is 6.07 Å². The van der Waals surface area contributed by atoms with E-state index in [2.05, 4.69) is 23.0 Å². The van der Waals surface area contributed by atoms with E-state index in [1.54, 1.807) is 0 Å². The van der Waals surface area contributed by atoms with Crippen molar-refractivity contribution >= 4 is 9.90 Å². The number of pyridine rings is 1. The van der Waals surface area contributed by atoms with Crippen molar-refractivity contribution in [3.63, 3.8) is 0 Å². The number of hydrogen-bond acceptors (Lipinski definition) is 6. The quantitative estimate of drug-likeness (QED) is 0.505. The Labute approximate surface area is 131 Å². The fourth-order valence-electron chi connectivity index (χ4n) is 1.90. The maximum absolute atomic E-state index is 4.14. The summed E-state index contributed by atoms with van der Waals surface area (Å²) in [7, 11) is 2.19. The van der Waals surface area contributed by atoms with Gasteiger partial charge in [-0.05, 0) is 38.1 Å². The van der Waals surface area contributed by atoms with E-state index in [1.165, 1.54) is 24.9 Å². The first-order chi connectivity index (χ1) is 5.88. The molecule has 0 radical (unpaired) electrons. The van der Waals surface area contributed by atoms with Gasteiger partial charge < -0.3 is 27.4 Å². The van der Waals surface area contributed by atoms with Gasteiger partial charge in [0.05, 0.1) is 0 Å². The Balaban J connectivity index is -0.0000000604. The van der Waals surface area contributed by atoms with Gasteiger partial charge in [0.2, 0.25) is 0 Å². The summed E-state index contributed by atoms with van der Waals surface area (Å²) >= 11 is 0.